The summed E-state index contributed by atoms with van der Waals surface area (Å²) >= 11 is 0.812. The van der Waals surface area contributed by atoms with E-state index in [0.29, 0.717) is 3.63 Å². The molecule has 120 valence electrons. The number of nitrogens with one attached hydrogen (secondary N) is 1. The Morgan fingerprint density at radius 2 is 1.67 bits per heavy atom. The molecule has 2 rings (SSSR count). The van der Waals surface area contributed by atoms with E-state index in [4.69, 9.17) is 0 Å². The molecule has 0 bridgehead atoms. The van der Waals surface area contributed by atoms with Gasteiger partial charge in [0.15, 0.2) is 0 Å². The molecule has 0 aromatic heterocycles. The molecule has 0 saturated carbocycles. The van der Waals surface area contributed by atoms with Crippen molar-refractivity contribution in [2.24, 2.45) is 0 Å². The maximum atomic E-state index is 4.04. The van der Waals surface area contributed by atoms with Crippen molar-refractivity contribution in [3.63, 3.8) is 0 Å². The van der Waals surface area contributed by atoms with E-state index in [1.54, 1.807) is 0 Å². The number of allylic oxidation sites excluding steroid dienone is 1. The van der Waals surface area contributed by atoms with Crippen molar-refractivity contribution in [2.75, 3.05) is 0 Å². The van der Waals surface area contributed by atoms with Crippen LogP contribution in [0.5, 0.6) is 0 Å². The maximum Gasteiger partial charge on any atom is -0.107 e. The molecule has 1 nitrogen and oxygen atoms in total. The first kappa shape index (κ1) is 23.0. The SMILES string of the molecule is CC(C)(C)[NH][Zr]([CH3])([CH3])(=[SiH2])[CH]1C(Br)=Cc2ccccc21.I.I. The Balaban J connectivity index is 0.00000200. The standard InChI is InChI=1S/C9H6Br.C4H10N.2CH3.2HI.H2Si.Zr/c10-9-5-7-3-1-2-4-8(7)6-9;1-4(2,3)5;;;;;;/h1-6H;5H,1-3H3;2*1H3;2*1H;1H2;/q;-1;;;;;;+1. The van der Waals surface area contributed by atoms with Gasteiger partial charge >= 0.3 is 129 Å². The number of rotatable bonds is 2. The van der Waals surface area contributed by atoms with Crippen LogP contribution in [-0.2, 0) is 17.7 Å². The van der Waals surface area contributed by atoms with Gasteiger partial charge in [0.1, 0.15) is 0 Å². The fraction of sp³-hybridized carbons (Fsp3) is 0.467. The van der Waals surface area contributed by atoms with E-state index in [-0.39, 0.29) is 53.5 Å². The second-order valence-electron chi connectivity index (χ2n) is 7.78. The van der Waals surface area contributed by atoms with Crippen LogP contribution in [0.4, 0.5) is 0 Å². The summed E-state index contributed by atoms with van der Waals surface area (Å²) in [6.07, 6.45) is 2.30. The van der Waals surface area contributed by atoms with Crippen molar-refractivity contribution in [1.29, 1.82) is 0 Å². The van der Waals surface area contributed by atoms with Gasteiger partial charge in [-0.15, -0.1) is 48.0 Å². The Hall–Kier alpha value is 1.96. The monoisotopic (exact) mass is 671 g/mol. The summed E-state index contributed by atoms with van der Waals surface area (Å²) in [6, 6.07) is 8.81. The number of halogens is 3. The van der Waals surface area contributed by atoms with Gasteiger partial charge in [-0.2, -0.15) is 0 Å². The molecular weight excluding hydrogens is 647 g/mol. The topological polar surface area (TPSA) is 12.0 Å². The summed E-state index contributed by atoms with van der Waals surface area (Å²) in [5.74, 6) is 0. The predicted molar refractivity (Wildman–Crippen MR) is 120 cm³/mol. The minimum absolute atomic E-state index is 0. The van der Waals surface area contributed by atoms with Gasteiger partial charge in [-0.05, 0) is 0 Å². The van der Waals surface area contributed by atoms with Crippen LogP contribution < -0.4 is 3.26 Å². The van der Waals surface area contributed by atoms with Crippen molar-refractivity contribution in [3.8, 4) is 0 Å². The molecular formula is C15H26BrI2NSiZr. The summed E-state index contributed by atoms with van der Waals surface area (Å²) in [5, 5.41) is 0. The van der Waals surface area contributed by atoms with Crippen LogP contribution in [0.25, 0.3) is 6.08 Å². The first-order valence-corrected chi connectivity index (χ1v) is 21.1. The van der Waals surface area contributed by atoms with Crippen LogP contribution >= 0.6 is 63.9 Å². The molecule has 0 fully saturated rings. The molecule has 1 aromatic carbocycles. The first-order valence-electron chi connectivity index (χ1n) is 6.81. The van der Waals surface area contributed by atoms with Gasteiger partial charge in [-0.3, -0.25) is 0 Å². The fourth-order valence-corrected chi connectivity index (χ4v) is 27.8. The van der Waals surface area contributed by atoms with Gasteiger partial charge in [0.25, 0.3) is 0 Å². The van der Waals surface area contributed by atoms with E-state index in [9.17, 15) is 0 Å². The van der Waals surface area contributed by atoms with Crippen LogP contribution in [-0.4, -0.2) is 12.4 Å². The molecule has 0 spiro atoms. The maximum absolute atomic E-state index is 4.04. The van der Waals surface area contributed by atoms with Crippen LogP contribution in [0, 0.1) is 0 Å². The van der Waals surface area contributed by atoms with Crippen LogP contribution in [0.2, 0.25) is 9.26 Å². The van der Waals surface area contributed by atoms with Gasteiger partial charge in [0, 0.05) is 0 Å². The summed E-state index contributed by atoms with van der Waals surface area (Å²) in [5.41, 5.74) is 3.05. The zero-order valence-electron chi connectivity index (χ0n) is 13.4. The van der Waals surface area contributed by atoms with Crippen molar-refractivity contribution in [3.05, 3.63) is 39.9 Å². The van der Waals surface area contributed by atoms with Gasteiger partial charge in [0.2, 0.25) is 0 Å². The minimum Gasteiger partial charge on any atom is -0.107 e. The van der Waals surface area contributed by atoms with E-state index in [1.165, 1.54) is 15.6 Å². The second kappa shape index (κ2) is 7.46. The molecule has 1 aromatic rings. The Bertz CT molecular complexity index is 616. The van der Waals surface area contributed by atoms with E-state index in [0.717, 1.165) is 0 Å². The van der Waals surface area contributed by atoms with Crippen molar-refractivity contribution in [1.82, 2.24) is 3.26 Å². The molecule has 0 amide bonds. The third-order valence-electron chi connectivity index (χ3n) is 3.59. The summed E-state index contributed by atoms with van der Waals surface area (Å²) in [7, 11) is 0. The molecule has 0 heterocycles. The second-order valence-corrected chi connectivity index (χ2v) is 37.4. The predicted octanol–water partition coefficient (Wildman–Crippen LogP) is 5.35. The molecule has 6 heteroatoms. The van der Waals surface area contributed by atoms with E-state index >= 15 is 0 Å². The van der Waals surface area contributed by atoms with Gasteiger partial charge in [0.05, 0.1) is 0 Å². The Morgan fingerprint density at radius 1 is 1.14 bits per heavy atom. The average Bonchev–Trinajstić information content (AvgIpc) is 2.48. The molecule has 1 aliphatic carbocycles. The molecule has 1 atom stereocenters. The van der Waals surface area contributed by atoms with Crippen LogP contribution in [0.3, 0.4) is 0 Å². The number of hydrogen-bond acceptors (Lipinski definition) is 1. The summed E-state index contributed by atoms with van der Waals surface area (Å²) in [6.45, 7) is 9.09. The average molecular weight is 673 g/mol. The Morgan fingerprint density at radius 3 is 2.19 bits per heavy atom. The van der Waals surface area contributed by atoms with Crippen molar-refractivity contribution >= 4 is 76.8 Å². The molecule has 1 unspecified atom stereocenters. The smallest absolute Gasteiger partial charge is 0.107 e. The zero-order chi connectivity index (χ0) is 14.5. The van der Waals surface area contributed by atoms with Crippen molar-refractivity contribution < 1.29 is 17.7 Å². The van der Waals surface area contributed by atoms with Gasteiger partial charge < -0.3 is 0 Å². The first-order chi connectivity index (χ1) is 8.48. The molecule has 0 radical (unpaired) electrons. The molecule has 1 N–H and O–H groups in total. The molecule has 0 saturated heterocycles. The summed E-state index contributed by atoms with van der Waals surface area (Å²) < 4.78 is 11.0. The molecule has 21 heavy (non-hydrogen) atoms. The number of fused-ring (bicyclic) bond motifs is 1. The zero-order valence-corrected chi connectivity index (χ0v) is 23.5. The normalized spacial score (nSPS) is 18.2. The quantitative estimate of drug-likeness (QED) is 0.330. The van der Waals surface area contributed by atoms with E-state index < -0.39 is 17.7 Å². The van der Waals surface area contributed by atoms with Gasteiger partial charge in [-0.1, -0.05) is 0 Å². The van der Waals surface area contributed by atoms with Crippen molar-refractivity contribution in [2.45, 2.75) is 39.2 Å². The Labute approximate surface area is 174 Å². The Kier molecular flexibility index (Phi) is 8.16. The minimum atomic E-state index is -3.03. The molecule has 1 aliphatic rings. The number of benzene rings is 1. The van der Waals surface area contributed by atoms with E-state index in [2.05, 4.69) is 86.4 Å². The van der Waals surface area contributed by atoms with Gasteiger partial charge in [-0.25, -0.2) is 0 Å². The third-order valence-corrected chi connectivity index (χ3v) is 18.7. The van der Waals surface area contributed by atoms with E-state index in [1.807, 2.05) is 0 Å². The molecule has 0 aliphatic heterocycles. The third kappa shape index (κ3) is 5.48. The fourth-order valence-electron chi connectivity index (χ4n) is 3.53. The summed E-state index contributed by atoms with van der Waals surface area (Å²) in [4.78, 5) is 0. The largest absolute Gasteiger partial charge is 0.107 e. The number of hydrogen-bond donors (Lipinski definition) is 1. The van der Waals surface area contributed by atoms with Crippen LogP contribution in [0.15, 0.2) is 28.7 Å². The van der Waals surface area contributed by atoms with Crippen LogP contribution in [0.1, 0.15) is 35.5 Å².